The van der Waals surface area contributed by atoms with Crippen LogP contribution in [0.15, 0.2) is 18.2 Å². The first-order valence-electron chi connectivity index (χ1n) is 8.75. The highest BCUT2D eigenvalue weighted by atomic mass is 32.2. The summed E-state index contributed by atoms with van der Waals surface area (Å²) in [7, 11) is -2.18. The standard InChI is InChI=1S/C17H23FN4O4S/c1-20(27(2,25)26)15-4-3-8-22(17(15)24)14-6-5-12(10-13(14)18)21-9-7-19-11-16(21)23/h5-6,10,15,19H,3-4,7-9,11H2,1-2H3. The van der Waals surface area contributed by atoms with Gasteiger partial charge in [0.2, 0.25) is 21.8 Å². The number of piperidine rings is 1. The third-order valence-electron chi connectivity index (χ3n) is 5.00. The minimum atomic E-state index is -3.54. The number of benzene rings is 1. The number of hydrogen-bond donors (Lipinski definition) is 1. The molecular weight excluding hydrogens is 375 g/mol. The Balaban J connectivity index is 1.85. The van der Waals surface area contributed by atoms with Crippen LogP contribution in [0.4, 0.5) is 15.8 Å². The van der Waals surface area contributed by atoms with E-state index < -0.39 is 27.8 Å². The van der Waals surface area contributed by atoms with Crippen LogP contribution in [-0.4, -0.2) is 70.1 Å². The van der Waals surface area contributed by atoms with Crippen LogP contribution < -0.4 is 15.1 Å². The van der Waals surface area contributed by atoms with Crippen LogP contribution in [-0.2, 0) is 19.6 Å². The summed E-state index contributed by atoms with van der Waals surface area (Å²) >= 11 is 0. The van der Waals surface area contributed by atoms with Crippen molar-refractivity contribution in [1.29, 1.82) is 0 Å². The van der Waals surface area contributed by atoms with Crippen molar-refractivity contribution in [3.63, 3.8) is 0 Å². The monoisotopic (exact) mass is 398 g/mol. The van der Waals surface area contributed by atoms with Crippen molar-refractivity contribution in [2.24, 2.45) is 0 Å². The number of nitrogens with one attached hydrogen (secondary N) is 1. The van der Waals surface area contributed by atoms with Crippen LogP contribution >= 0.6 is 0 Å². The molecule has 0 bridgehead atoms. The number of nitrogens with zero attached hydrogens (tertiary/aromatic N) is 3. The van der Waals surface area contributed by atoms with Gasteiger partial charge in [0.05, 0.1) is 18.5 Å². The van der Waals surface area contributed by atoms with Crippen LogP contribution in [0.2, 0.25) is 0 Å². The molecule has 2 heterocycles. The van der Waals surface area contributed by atoms with Crippen molar-refractivity contribution in [2.45, 2.75) is 18.9 Å². The fourth-order valence-electron chi connectivity index (χ4n) is 3.43. The third-order valence-corrected chi connectivity index (χ3v) is 6.30. The summed E-state index contributed by atoms with van der Waals surface area (Å²) in [5.41, 5.74) is 0.537. The van der Waals surface area contributed by atoms with E-state index in [0.29, 0.717) is 38.2 Å². The average molecular weight is 398 g/mol. The number of halogens is 1. The molecule has 0 aromatic heterocycles. The molecule has 2 saturated heterocycles. The molecule has 3 rings (SSSR count). The molecule has 0 spiro atoms. The molecule has 1 unspecified atom stereocenters. The highest BCUT2D eigenvalue weighted by Gasteiger charge is 2.37. The van der Waals surface area contributed by atoms with E-state index in [-0.39, 0.29) is 18.1 Å². The second kappa shape index (κ2) is 7.53. The lowest BCUT2D eigenvalue weighted by Crippen LogP contribution is -2.53. The molecule has 8 nitrogen and oxygen atoms in total. The van der Waals surface area contributed by atoms with Crippen molar-refractivity contribution in [3.8, 4) is 0 Å². The van der Waals surface area contributed by atoms with E-state index in [1.54, 1.807) is 6.07 Å². The number of carbonyl (C=O) groups excluding carboxylic acids is 2. The normalized spacial score (nSPS) is 21.9. The Labute approximate surface area is 158 Å². The first kappa shape index (κ1) is 19.7. The van der Waals surface area contributed by atoms with Gasteiger partial charge < -0.3 is 15.1 Å². The van der Waals surface area contributed by atoms with E-state index in [1.165, 1.54) is 29.0 Å². The lowest BCUT2D eigenvalue weighted by molar-refractivity contribution is -0.123. The zero-order chi connectivity index (χ0) is 19.8. The maximum atomic E-state index is 14.8. The van der Waals surface area contributed by atoms with Gasteiger partial charge in [0.1, 0.15) is 11.9 Å². The Hall–Kier alpha value is -2.04. The topological polar surface area (TPSA) is 90.0 Å². The minimum absolute atomic E-state index is 0.0953. The lowest BCUT2D eigenvalue weighted by atomic mass is 10.0. The summed E-state index contributed by atoms with van der Waals surface area (Å²) < 4.78 is 39.4. The molecule has 1 N–H and O–H groups in total. The fraction of sp³-hybridized carbons (Fsp3) is 0.529. The van der Waals surface area contributed by atoms with Gasteiger partial charge in [-0.3, -0.25) is 9.59 Å². The van der Waals surface area contributed by atoms with Crippen molar-refractivity contribution in [1.82, 2.24) is 9.62 Å². The predicted octanol–water partition coefficient (Wildman–Crippen LogP) is 0.149. The van der Waals surface area contributed by atoms with Gasteiger partial charge in [0.15, 0.2) is 0 Å². The highest BCUT2D eigenvalue weighted by Crippen LogP contribution is 2.29. The number of rotatable bonds is 4. The summed E-state index contributed by atoms with van der Waals surface area (Å²) in [6, 6.07) is 3.48. The number of anilines is 2. The van der Waals surface area contributed by atoms with Crippen molar-refractivity contribution >= 4 is 33.2 Å². The number of likely N-dealkylation sites (N-methyl/N-ethyl adjacent to an activating group) is 1. The molecule has 0 radical (unpaired) electrons. The Bertz CT molecular complexity index is 860. The second-order valence-electron chi connectivity index (χ2n) is 6.78. The van der Waals surface area contributed by atoms with E-state index in [1.807, 2.05) is 0 Å². The summed E-state index contributed by atoms with van der Waals surface area (Å²) in [6.07, 6.45) is 2.00. The van der Waals surface area contributed by atoms with Gasteiger partial charge in [-0.1, -0.05) is 0 Å². The number of hydrogen-bond acceptors (Lipinski definition) is 5. The molecule has 1 atom stereocenters. The number of sulfonamides is 1. The van der Waals surface area contributed by atoms with Gasteiger partial charge in [-0.05, 0) is 31.0 Å². The first-order valence-corrected chi connectivity index (χ1v) is 10.6. The Morgan fingerprint density at radius 1 is 1.22 bits per heavy atom. The molecule has 148 valence electrons. The molecule has 2 aliphatic heterocycles. The molecule has 27 heavy (non-hydrogen) atoms. The van der Waals surface area contributed by atoms with Gasteiger partial charge in [-0.15, -0.1) is 0 Å². The van der Waals surface area contributed by atoms with Crippen LogP contribution in [0, 0.1) is 5.82 Å². The van der Waals surface area contributed by atoms with Gasteiger partial charge in [-0.25, -0.2) is 12.8 Å². The fourth-order valence-corrected chi connectivity index (χ4v) is 4.08. The molecule has 10 heteroatoms. The Kier molecular flexibility index (Phi) is 5.50. The smallest absolute Gasteiger partial charge is 0.245 e. The maximum Gasteiger partial charge on any atom is 0.245 e. The molecule has 2 aliphatic rings. The number of amides is 2. The molecule has 0 saturated carbocycles. The molecular formula is C17H23FN4O4S. The van der Waals surface area contributed by atoms with E-state index in [2.05, 4.69) is 5.32 Å². The van der Waals surface area contributed by atoms with Gasteiger partial charge in [0.25, 0.3) is 0 Å². The summed E-state index contributed by atoms with van der Waals surface area (Å²) in [4.78, 5) is 27.5. The van der Waals surface area contributed by atoms with Crippen LogP contribution in [0.5, 0.6) is 0 Å². The Morgan fingerprint density at radius 2 is 1.96 bits per heavy atom. The van der Waals surface area contributed by atoms with E-state index >= 15 is 0 Å². The van der Waals surface area contributed by atoms with Gasteiger partial charge in [-0.2, -0.15) is 4.31 Å². The van der Waals surface area contributed by atoms with Crippen molar-refractivity contribution in [2.75, 3.05) is 49.3 Å². The SMILES string of the molecule is CN(C1CCCN(c2ccc(N3CCNCC3=O)cc2F)C1=O)S(C)(=O)=O. The van der Waals surface area contributed by atoms with Crippen molar-refractivity contribution in [3.05, 3.63) is 24.0 Å². The lowest BCUT2D eigenvalue weighted by Gasteiger charge is -2.36. The molecule has 2 fully saturated rings. The molecule has 0 aliphatic carbocycles. The zero-order valence-electron chi connectivity index (χ0n) is 15.3. The van der Waals surface area contributed by atoms with E-state index in [9.17, 15) is 22.4 Å². The third kappa shape index (κ3) is 3.97. The minimum Gasteiger partial charge on any atom is -0.310 e. The van der Waals surface area contributed by atoms with E-state index in [4.69, 9.17) is 0 Å². The Morgan fingerprint density at radius 3 is 2.59 bits per heavy atom. The average Bonchev–Trinajstić information content (AvgIpc) is 2.61. The quantitative estimate of drug-likeness (QED) is 0.780. The maximum absolute atomic E-state index is 14.8. The largest absolute Gasteiger partial charge is 0.310 e. The summed E-state index contributed by atoms with van der Waals surface area (Å²) in [5.74, 6) is -1.20. The summed E-state index contributed by atoms with van der Waals surface area (Å²) in [5, 5.41) is 2.95. The van der Waals surface area contributed by atoms with Gasteiger partial charge in [0, 0.05) is 32.4 Å². The zero-order valence-corrected chi connectivity index (χ0v) is 16.1. The first-order chi connectivity index (χ1) is 12.7. The number of piperazine rings is 1. The highest BCUT2D eigenvalue weighted by molar-refractivity contribution is 7.88. The van der Waals surface area contributed by atoms with Crippen LogP contribution in [0.3, 0.4) is 0 Å². The van der Waals surface area contributed by atoms with Gasteiger partial charge >= 0.3 is 0 Å². The molecule has 1 aromatic rings. The van der Waals surface area contributed by atoms with Crippen LogP contribution in [0.1, 0.15) is 12.8 Å². The van der Waals surface area contributed by atoms with Crippen molar-refractivity contribution < 1.29 is 22.4 Å². The molecule has 1 aromatic carbocycles. The predicted molar refractivity (Wildman–Crippen MR) is 99.6 cm³/mol. The number of carbonyl (C=O) groups is 2. The molecule has 2 amide bonds. The second-order valence-corrected chi connectivity index (χ2v) is 8.83. The van der Waals surface area contributed by atoms with E-state index in [0.717, 1.165) is 10.6 Å². The summed E-state index contributed by atoms with van der Waals surface area (Å²) in [6.45, 7) is 1.59. The van der Waals surface area contributed by atoms with Crippen LogP contribution in [0.25, 0.3) is 0 Å².